The van der Waals surface area contributed by atoms with Gasteiger partial charge in [-0.3, -0.25) is 4.79 Å². The van der Waals surface area contributed by atoms with Crippen molar-refractivity contribution in [3.8, 4) is 0 Å². The van der Waals surface area contributed by atoms with Crippen molar-refractivity contribution in [3.63, 3.8) is 0 Å². The molecule has 0 radical (unpaired) electrons. The molecule has 0 aliphatic heterocycles. The van der Waals surface area contributed by atoms with Crippen LogP contribution in [0.3, 0.4) is 0 Å². The fourth-order valence-corrected chi connectivity index (χ4v) is 1.52. The van der Waals surface area contributed by atoms with Crippen molar-refractivity contribution in [2.75, 3.05) is 0 Å². The predicted molar refractivity (Wildman–Crippen MR) is 59.8 cm³/mol. The molecule has 16 heavy (non-hydrogen) atoms. The zero-order valence-electron chi connectivity index (χ0n) is 9.77. The van der Waals surface area contributed by atoms with Crippen molar-refractivity contribution >= 4 is 5.78 Å². The summed E-state index contributed by atoms with van der Waals surface area (Å²) >= 11 is 0. The average molecular weight is 226 g/mol. The minimum absolute atomic E-state index is 0.0200. The van der Waals surface area contributed by atoms with Crippen LogP contribution < -0.4 is 0 Å². The van der Waals surface area contributed by atoms with Crippen molar-refractivity contribution in [2.24, 2.45) is 0 Å². The van der Waals surface area contributed by atoms with E-state index in [0.29, 0.717) is 5.57 Å². The lowest BCUT2D eigenvalue weighted by Gasteiger charge is -2.31. The van der Waals surface area contributed by atoms with Gasteiger partial charge in [-0.25, -0.2) is 0 Å². The number of hydrogen-bond acceptors (Lipinski definition) is 4. The Balaban J connectivity index is 2.98. The number of carbonyl (C=O) groups is 1. The molecule has 1 rings (SSSR count). The average Bonchev–Trinajstić information content (AvgIpc) is 2.07. The molecule has 3 N–H and O–H groups in total. The maximum absolute atomic E-state index is 11.3. The first-order valence-corrected chi connectivity index (χ1v) is 5.20. The van der Waals surface area contributed by atoms with Crippen LogP contribution in [-0.2, 0) is 4.79 Å². The van der Waals surface area contributed by atoms with Crippen LogP contribution in [0.25, 0.3) is 0 Å². The Morgan fingerprint density at radius 3 is 2.62 bits per heavy atom. The van der Waals surface area contributed by atoms with Gasteiger partial charge in [0.25, 0.3) is 0 Å². The Labute approximate surface area is 94.9 Å². The van der Waals surface area contributed by atoms with Crippen LogP contribution in [0.1, 0.15) is 27.2 Å². The second kappa shape index (κ2) is 4.13. The zero-order valence-corrected chi connectivity index (χ0v) is 9.77. The summed E-state index contributed by atoms with van der Waals surface area (Å²) in [5.41, 5.74) is -1.84. The maximum atomic E-state index is 11.3. The van der Waals surface area contributed by atoms with Crippen LogP contribution in [-0.4, -0.2) is 38.4 Å². The SMILES string of the molecule is CC(C)(O)C=CC1=CC(=O)C(O)CC1(C)O. The van der Waals surface area contributed by atoms with Gasteiger partial charge in [-0.15, -0.1) is 0 Å². The summed E-state index contributed by atoms with van der Waals surface area (Å²) in [5, 5.41) is 28.8. The number of hydrogen-bond donors (Lipinski definition) is 3. The van der Waals surface area contributed by atoms with Gasteiger partial charge in [-0.05, 0) is 32.4 Å². The lowest BCUT2D eigenvalue weighted by atomic mass is 9.82. The first-order chi connectivity index (χ1) is 7.12. The van der Waals surface area contributed by atoms with Crippen LogP contribution in [0.15, 0.2) is 23.8 Å². The molecule has 1 aliphatic carbocycles. The van der Waals surface area contributed by atoms with Gasteiger partial charge >= 0.3 is 0 Å². The van der Waals surface area contributed by atoms with E-state index in [1.165, 1.54) is 25.2 Å². The second-order valence-electron chi connectivity index (χ2n) is 4.98. The summed E-state index contributed by atoms with van der Waals surface area (Å²) in [7, 11) is 0. The quantitative estimate of drug-likeness (QED) is 0.634. The summed E-state index contributed by atoms with van der Waals surface area (Å²) in [6.07, 6.45) is 3.07. The first kappa shape index (κ1) is 13.1. The lowest BCUT2D eigenvalue weighted by Crippen LogP contribution is -2.39. The van der Waals surface area contributed by atoms with E-state index in [2.05, 4.69) is 0 Å². The first-order valence-electron chi connectivity index (χ1n) is 5.20. The summed E-state index contributed by atoms with van der Waals surface area (Å²) in [6, 6.07) is 0. The normalized spacial score (nSPS) is 32.0. The third-order valence-electron chi connectivity index (χ3n) is 2.51. The number of aliphatic hydroxyl groups excluding tert-OH is 1. The van der Waals surface area contributed by atoms with Crippen LogP contribution in [0, 0.1) is 0 Å². The number of ketones is 1. The standard InChI is InChI=1S/C12H18O4/c1-11(2,15)5-4-8-6-9(13)10(14)7-12(8,3)16/h4-6,10,14-16H,7H2,1-3H3. The molecule has 1 aliphatic rings. The molecule has 4 nitrogen and oxygen atoms in total. The Kier molecular flexibility index (Phi) is 3.38. The molecule has 0 spiro atoms. The van der Waals surface area contributed by atoms with Crippen molar-refractivity contribution in [2.45, 2.75) is 44.5 Å². The van der Waals surface area contributed by atoms with Gasteiger partial charge in [-0.2, -0.15) is 0 Å². The molecule has 4 heteroatoms. The fourth-order valence-electron chi connectivity index (χ4n) is 1.52. The highest BCUT2D eigenvalue weighted by atomic mass is 16.3. The number of aliphatic hydroxyl groups is 3. The Hall–Kier alpha value is -0.970. The van der Waals surface area contributed by atoms with E-state index >= 15 is 0 Å². The Bertz CT molecular complexity index is 345. The van der Waals surface area contributed by atoms with E-state index in [1.807, 2.05) is 0 Å². The molecule has 0 amide bonds. The number of rotatable bonds is 2. The smallest absolute Gasteiger partial charge is 0.184 e. The van der Waals surface area contributed by atoms with Crippen LogP contribution in [0.5, 0.6) is 0 Å². The molecule has 0 saturated heterocycles. The van der Waals surface area contributed by atoms with E-state index < -0.39 is 23.1 Å². The molecule has 0 fully saturated rings. The molecule has 0 aromatic carbocycles. The van der Waals surface area contributed by atoms with Crippen LogP contribution >= 0.6 is 0 Å². The van der Waals surface area contributed by atoms with Gasteiger partial charge in [0.2, 0.25) is 0 Å². The highest BCUT2D eigenvalue weighted by molar-refractivity contribution is 5.96. The molecule has 0 saturated carbocycles. The topological polar surface area (TPSA) is 77.8 Å². The van der Waals surface area contributed by atoms with Gasteiger partial charge in [0.15, 0.2) is 5.78 Å². The van der Waals surface area contributed by atoms with E-state index in [0.717, 1.165) is 0 Å². The summed E-state index contributed by atoms with van der Waals surface area (Å²) in [6.45, 7) is 4.72. The zero-order chi connectivity index (χ0) is 12.6. The summed E-state index contributed by atoms with van der Waals surface area (Å²) < 4.78 is 0. The molecule has 0 aromatic heterocycles. The number of carbonyl (C=O) groups excluding carboxylic acids is 1. The molecule has 0 heterocycles. The van der Waals surface area contributed by atoms with Crippen molar-refractivity contribution in [3.05, 3.63) is 23.8 Å². The maximum Gasteiger partial charge on any atom is 0.184 e. The molecule has 90 valence electrons. The van der Waals surface area contributed by atoms with Crippen LogP contribution in [0.4, 0.5) is 0 Å². The van der Waals surface area contributed by atoms with E-state index in [9.17, 15) is 20.1 Å². The van der Waals surface area contributed by atoms with Gasteiger partial charge in [0, 0.05) is 6.42 Å². The van der Waals surface area contributed by atoms with Crippen LogP contribution in [0.2, 0.25) is 0 Å². The minimum atomic E-state index is -1.24. The third-order valence-corrected chi connectivity index (χ3v) is 2.51. The highest BCUT2D eigenvalue weighted by Gasteiger charge is 2.35. The monoisotopic (exact) mass is 226 g/mol. The Morgan fingerprint density at radius 2 is 2.12 bits per heavy atom. The van der Waals surface area contributed by atoms with Crippen molar-refractivity contribution in [1.82, 2.24) is 0 Å². The van der Waals surface area contributed by atoms with Gasteiger partial charge in [0.1, 0.15) is 6.10 Å². The van der Waals surface area contributed by atoms with E-state index in [-0.39, 0.29) is 6.42 Å². The fraction of sp³-hybridized carbons (Fsp3) is 0.583. The van der Waals surface area contributed by atoms with E-state index in [1.54, 1.807) is 13.8 Å². The van der Waals surface area contributed by atoms with Gasteiger partial charge < -0.3 is 15.3 Å². The van der Waals surface area contributed by atoms with Gasteiger partial charge in [-0.1, -0.05) is 12.2 Å². The summed E-state index contributed by atoms with van der Waals surface area (Å²) in [4.78, 5) is 11.3. The highest BCUT2D eigenvalue weighted by Crippen LogP contribution is 2.28. The molecule has 0 bridgehead atoms. The lowest BCUT2D eigenvalue weighted by molar-refractivity contribution is -0.126. The molecule has 2 unspecified atom stereocenters. The minimum Gasteiger partial charge on any atom is -0.386 e. The van der Waals surface area contributed by atoms with Gasteiger partial charge in [0.05, 0.1) is 11.2 Å². The summed E-state index contributed by atoms with van der Waals surface area (Å²) in [5.74, 6) is -0.415. The molecule has 0 aromatic rings. The molecular formula is C12H18O4. The van der Waals surface area contributed by atoms with E-state index in [4.69, 9.17) is 0 Å². The third kappa shape index (κ3) is 3.27. The largest absolute Gasteiger partial charge is 0.386 e. The molecule has 2 atom stereocenters. The second-order valence-corrected chi connectivity index (χ2v) is 4.98. The predicted octanol–water partition coefficient (Wildman–Crippen LogP) is 0.325. The Morgan fingerprint density at radius 1 is 1.56 bits per heavy atom. The van der Waals surface area contributed by atoms with Crippen molar-refractivity contribution in [1.29, 1.82) is 0 Å². The van der Waals surface area contributed by atoms with Crippen molar-refractivity contribution < 1.29 is 20.1 Å². The molecular weight excluding hydrogens is 208 g/mol.